The number of hydrogen-bond donors (Lipinski definition) is 1. The first-order valence-corrected chi connectivity index (χ1v) is 6.37. The number of carbonyl (C=O) groups excluding carboxylic acids is 1. The van der Waals surface area contributed by atoms with Gasteiger partial charge in [0.05, 0.1) is 6.61 Å². The summed E-state index contributed by atoms with van der Waals surface area (Å²) >= 11 is 0. The van der Waals surface area contributed by atoms with Gasteiger partial charge in [-0.25, -0.2) is 0 Å². The molecular formula is C15H21NO2. The highest BCUT2D eigenvalue weighted by Crippen LogP contribution is 2.19. The molecule has 98 valence electrons. The average molecular weight is 247 g/mol. The van der Waals surface area contributed by atoms with Crippen molar-refractivity contribution in [2.45, 2.75) is 33.2 Å². The lowest BCUT2D eigenvalue weighted by Gasteiger charge is -2.09. The highest BCUT2D eigenvalue weighted by Gasteiger charge is 2.02. The third kappa shape index (κ3) is 4.62. The lowest BCUT2D eigenvalue weighted by molar-refractivity contribution is -0.117. The van der Waals surface area contributed by atoms with Gasteiger partial charge in [-0.2, -0.15) is 0 Å². The van der Waals surface area contributed by atoms with Crippen molar-refractivity contribution in [2.24, 2.45) is 0 Å². The standard InChI is InChI=1S/C15H21NO2/c1-4-12(3)16-15(17)11-10-13-8-6-7-9-14(13)18-5-2/h6-12H,4-5H2,1-3H3,(H,16,17). The van der Waals surface area contributed by atoms with Crippen LogP contribution < -0.4 is 10.1 Å². The largest absolute Gasteiger partial charge is 0.493 e. The van der Waals surface area contributed by atoms with Gasteiger partial charge in [-0.05, 0) is 32.4 Å². The lowest BCUT2D eigenvalue weighted by atomic mass is 10.2. The fraction of sp³-hybridized carbons (Fsp3) is 0.400. The van der Waals surface area contributed by atoms with Crippen LogP contribution in [0.25, 0.3) is 6.08 Å². The van der Waals surface area contributed by atoms with E-state index in [1.807, 2.05) is 45.0 Å². The van der Waals surface area contributed by atoms with Crippen LogP contribution in [0.5, 0.6) is 5.75 Å². The number of ether oxygens (including phenoxy) is 1. The molecule has 1 aromatic rings. The second-order valence-electron chi connectivity index (χ2n) is 4.12. The summed E-state index contributed by atoms with van der Waals surface area (Å²) in [4.78, 5) is 11.6. The summed E-state index contributed by atoms with van der Waals surface area (Å²) in [5.41, 5.74) is 0.915. The molecular weight excluding hydrogens is 226 g/mol. The SMILES string of the molecule is CCOc1ccccc1C=CC(=O)NC(C)CC. The Balaban J connectivity index is 2.68. The first-order valence-electron chi connectivity index (χ1n) is 6.37. The molecule has 0 aromatic heterocycles. The molecule has 1 aromatic carbocycles. The monoisotopic (exact) mass is 247 g/mol. The minimum Gasteiger partial charge on any atom is -0.493 e. The van der Waals surface area contributed by atoms with Crippen molar-refractivity contribution >= 4 is 12.0 Å². The minimum absolute atomic E-state index is 0.0735. The highest BCUT2D eigenvalue weighted by molar-refractivity contribution is 5.92. The van der Waals surface area contributed by atoms with E-state index in [0.29, 0.717) is 6.61 Å². The quantitative estimate of drug-likeness (QED) is 0.785. The molecule has 0 aliphatic carbocycles. The van der Waals surface area contributed by atoms with Crippen LogP contribution in [0.4, 0.5) is 0 Å². The summed E-state index contributed by atoms with van der Waals surface area (Å²) in [6.07, 6.45) is 4.25. The Morgan fingerprint density at radius 1 is 1.39 bits per heavy atom. The Kier molecular flexibility index (Phi) is 5.98. The van der Waals surface area contributed by atoms with Gasteiger partial charge in [-0.15, -0.1) is 0 Å². The van der Waals surface area contributed by atoms with Crippen molar-refractivity contribution in [1.29, 1.82) is 0 Å². The number of rotatable bonds is 6. The van der Waals surface area contributed by atoms with Gasteiger partial charge in [0.15, 0.2) is 0 Å². The van der Waals surface area contributed by atoms with Gasteiger partial charge < -0.3 is 10.1 Å². The summed E-state index contributed by atoms with van der Waals surface area (Å²) in [5.74, 6) is 0.725. The summed E-state index contributed by atoms with van der Waals surface area (Å²) in [7, 11) is 0. The fourth-order valence-electron chi connectivity index (χ4n) is 1.46. The summed E-state index contributed by atoms with van der Waals surface area (Å²) in [6, 6.07) is 7.87. The smallest absolute Gasteiger partial charge is 0.244 e. The van der Waals surface area contributed by atoms with E-state index in [1.54, 1.807) is 12.2 Å². The van der Waals surface area contributed by atoms with Gasteiger partial charge in [0, 0.05) is 17.7 Å². The van der Waals surface area contributed by atoms with E-state index in [2.05, 4.69) is 5.32 Å². The van der Waals surface area contributed by atoms with Crippen LogP contribution in [0.15, 0.2) is 30.3 Å². The van der Waals surface area contributed by atoms with Crippen molar-refractivity contribution in [3.63, 3.8) is 0 Å². The number of para-hydroxylation sites is 1. The van der Waals surface area contributed by atoms with Gasteiger partial charge in [-0.1, -0.05) is 25.1 Å². The number of benzene rings is 1. The molecule has 0 bridgehead atoms. The zero-order valence-electron chi connectivity index (χ0n) is 11.3. The molecule has 0 aliphatic rings. The third-order valence-corrected chi connectivity index (χ3v) is 2.63. The molecule has 0 fully saturated rings. The molecule has 0 saturated heterocycles. The molecule has 0 aliphatic heterocycles. The number of hydrogen-bond acceptors (Lipinski definition) is 2. The first-order chi connectivity index (χ1) is 8.67. The molecule has 1 rings (SSSR count). The molecule has 0 saturated carbocycles. The Labute approximate surface area is 109 Å². The van der Waals surface area contributed by atoms with Crippen LogP contribution in [-0.2, 0) is 4.79 Å². The van der Waals surface area contributed by atoms with Crippen LogP contribution in [0, 0.1) is 0 Å². The molecule has 0 radical (unpaired) electrons. The van der Waals surface area contributed by atoms with Gasteiger partial charge in [0.25, 0.3) is 0 Å². The molecule has 18 heavy (non-hydrogen) atoms. The maximum Gasteiger partial charge on any atom is 0.244 e. The molecule has 1 amide bonds. The van der Waals surface area contributed by atoms with E-state index < -0.39 is 0 Å². The summed E-state index contributed by atoms with van der Waals surface area (Å²) in [6.45, 7) is 6.58. The van der Waals surface area contributed by atoms with E-state index in [4.69, 9.17) is 4.74 Å². The Bertz CT molecular complexity index is 413. The van der Waals surface area contributed by atoms with Crippen molar-refractivity contribution in [3.05, 3.63) is 35.9 Å². The van der Waals surface area contributed by atoms with Crippen LogP contribution in [0.2, 0.25) is 0 Å². The number of amides is 1. The predicted octanol–water partition coefficient (Wildman–Crippen LogP) is 3.01. The zero-order valence-corrected chi connectivity index (χ0v) is 11.3. The zero-order chi connectivity index (χ0) is 13.4. The topological polar surface area (TPSA) is 38.3 Å². The van der Waals surface area contributed by atoms with E-state index in [0.717, 1.165) is 17.7 Å². The maximum absolute atomic E-state index is 11.6. The molecule has 3 heteroatoms. The van der Waals surface area contributed by atoms with Crippen molar-refractivity contribution in [2.75, 3.05) is 6.61 Å². The third-order valence-electron chi connectivity index (χ3n) is 2.63. The fourth-order valence-corrected chi connectivity index (χ4v) is 1.46. The van der Waals surface area contributed by atoms with E-state index in [-0.39, 0.29) is 11.9 Å². The lowest BCUT2D eigenvalue weighted by Crippen LogP contribution is -2.30. The van der Waals surface area contributed by atoms with Crippen LogP contribution in [0.1, 0.15) is 32.8 Å². The predicted molar refractivity (Wildman–Crippen MR) is 74.5 cm³/mol. The normalized spacial score (nSPS) is 12.4. The van der Waals surface area contributed by atoms with Crippen LogP contribution in [0.3, 0.4) is 0 Å². The van der Waals surface area contributed by atoms with Crippen molar-refractivity contribution < 1.29 is 9.53 Å². The van der Waals surface area contributed by atoms with Gasteiger partial charge in [0.1, 0.15) is 5.75 Å². The highest BCUT2D eigenvalue weighted by atomic mass is 16.5. The van der Waals surface area contributed by atoms with Gasteiger partial charge in [-0.3, -0.25) is 4.79 Å². The summed E-state index contributed by atoms with van der Waals surface area (Å²) in [5, 5.41) is 2.88. The van der Waals surface area contributed by atoms with Crippen molar-refractivity contribution in [3.8, 4) is 5.75 Å². The molecule has 3 nitrogen and oxygen atoms in total. The Morgan fingerprint density at radius 2 is 2.11 bits per heavy atom. The molecule has 1 atom stereocenters. The van der Waals surface area contributed by atoms with E-state index in [9.17, 15) is 4.79 Å². The number of nitrogens with one attached hydrogen (secondary N) is 1. The van der Waals surface area contributed by atoms with Gasteiger partial charge in [0.2, 0.25) is 5.91 Å². The summed E-state index contributed by atoms with van der Waals surface area (Å²) < 4.78 is 5.49. The molecule has 1 N–H and O–H groups in total. The van der Waals surface area contributed by atoms with E-state index in [1.165, 1.54) is 0 Å². The second-order valence-corrected chi connectivity index (χ2v) is 4.12. The average Bonchev–Trinajstić information content (AvgIpc) is 2.38. The van der Waals surface area contributed by atoms with Gasteiger partial charge >= 0.3 is 0 Å². The number of carbonyl (C=O) groups is 1. The van der Waals surface area contributed by atoms with Crippen LogP contribution in [-0.4, -0.2) is 18.6 Å². The second kappa shape index (κ2) is 7.54. The Hall–Kier alpha value is -1.77. The van der Waals surface area contributed by atoms with Crippen LogP contribution >= 0.6 is 0 Å². The van der Waals surface area contributed by atoms with E-state index >= 15 is 0 Å². The Morgan fingerprint density at radius 3 is 2.78 bits per heavy atom. The first kappa shape index (κ1) is 14.3. The molecule has 0 heterocycles. The maximum atomic E-state index is 11.6. The molecule has 1 unspecified atom stereocenters. The molecule has 0 spiro atoms. The van der Waals surface area contributed by atoms with Crippen molar-refractivity contribution in [1.82, 2.24) is 5.32 Å². The minimum atomic E-state index is -0.0735.